The molecule has 0 atom stereocenters. The topological polar surface area (TPSA) is 22.0 Å². The average molecular weight is 259 g/mol. The second-order valence-corrected chi connectivity index (χ2v) is 7.64. The maximum Gasteiger partial charge on any atom is 0.184 e. The Balaban J connectivity index is 2.52. The van der Waals surface area contributed by atoms with Crippen molar-refractivity contribution in [3.63, 3.8) is 0 Å². The first-order chi connectivity index (χ1) is 8.60. The molecule has 2 nitrogen and oxygen atoms in total. The van der Waals surface area contributed by atoms with Crippen LogP contribution >= 0.6 is 0 Å². The maximum absolute atomic E-state index is 12.6. The number of aromatic nitrogens is 1. The van der Waals surface area contributed by atoms with Gasteiger partial charge in [0, 0.05) is 17.7 Å². The molecule has 0 fully saturated rings. The van der Waals surface area contributed by atoms with E-state index >= 15 is 0 Å². The number of hydrogen-bond acceptors (Lipinski definition) is 1. The minimum Gasteiger partial charge on any atom is -0.338 e. The molecule has 2 heterocycles. The number of nitrogens with zero attached hydrogens (tertiary/aromatic N) is 1. The molecule has 1 aromatic heterocycles. The lowest BCUT2D eigenvalue weighted by Gasteiger charge is -2.26. The number of hydrogen-bond donors (Lipinski definition) is 0. The van der Waals surface area contributed by atoms with Crippen molar-refractivity contribution in [3.8, 4) is 0 Å². The molecule has 0 radical (unpaired) electrons. The van der Waals surface area contributed by atoms with Gasteiger partial charge in [-0.15, -0.1) is 0 Å². The van der Waals surface area contributed by atoms with E-state index in [4.69, 9.17) is 0 Å². The number of allylic oxidation sites excluding steroid dienone is 1. The van der Waals surface area contributed by atoms with Gasteiger partial charge in [0.1, 0.15) is 0 Å². The number of carbonyl (C=O) groups is 1. The van der Waals surface area contributed by atoms with Gasteiger partial charge in [-0.05, 0) is 37.0 Å². The highest BCUT2D eigenvalue weighted by Gasteiger charge is 2.30. The van der Waals surface area contributed by atoms with E-state index in [1.165, 1.54) is 5.57 Å². The van der Waals surface area contributed by atoms with Crippen molar-refractivity contribution >= 4 is 11.9 Å². The highest BCUT2D eigenvalue weighted by molar-refractivity contribution is 5.99. The van der Waals surface area contributed by atoms with E-state index in [9.17, 15) is 4.79 Å². The molecular formula is C17H25NO. The van der Waals surface area contributed by atoms with Crippen LogP contribution in [0.5, 0.6) is 0 Å². The molecule has 2 rings (SSSR count). The lowest BCUT2D eigenvalue weighted by atomic mass is 9.85. The molecule has 0 unspecified atom stereocenters. The summed E-state index contributed by atoms with van der Waals surface area (Å²) in [4.78, 5) is 12.6. The van der Waals surface area contributed by atoms with E-state index in [0.717, 1.165) is 24.4 Å². The predicted octanol–water partition coefficient (Wildman–Crippen LogP) is 4.55. The molecule has 0 saturated carbocycles. The van der Waals surface area contributed by atoms with Crippen LogP contribution in [0, 0.1) is 10.8 Å². The molecule has 104 valence electrons. The molecular weight excluding hydrogens is 234 g/mol. The van der Waals surface area contributed by atoms with Crippen molar-refractivity contribution in [2.24, 2.45) is 10.8 Å². The first kappa shape index (κ1) is 14.1. The third-order valence-electron chi connectivity index (χ3n) is 3.67. The van der Waals surface area contributed by atoms with Gasteiger partial charge in [0.2, 0.25) is 0 Å². The van der Waals surface area contributed by atoms with Crippen LogP contribution in [0.4, 0.5) is 0 Å². The lowest BCUT2D eigenvalue weighted by molar-refractivity contribution is 0.0845. The molecule has 0 amide bonds. The average Bonchev–Trinajstić information content (AvgIpc) is 2.52. The van der Waals surface area contributed by atoms with E-state index in [0.29, 0.717) is 0 Å². The van der Waals surface area contributed by atoms with Crippen molar-refractivity contribution in [2.75, 3.05) is 0 Å². The van der Waals surface area contributed by atoms with E-state index < -0.39 is 0 Å². The summed E-state index contributed by atoms with van der Waals surface area (Å²) in [5.41, 5.74) is 3.26. The quantitative estimate of drug-likeness (QED) is 0.678. The molecule has 1 aromatic rings. The van der Waals surface area contributed by atoms with Crippen LogP contribution < -0.4 is 0 Å². The minimum atomic E-state index is -0.329. The largest absolute Gasteiger partial charge is 0.338 e. The first-order valence-corrected chi connectivity index (χ1v) is 7.02. The molecule has 1 aliphatic rings. The smallest absolute Gasteiger partial charge is 0.184 e. The summed E-state index contributed by atoms with van der Waals surface area (Å²) >= 11 is 0. The Kier molecular flexibility index (Phi) is 3.24. The molecule has 1 aliphatic heterocycles. The molecule has 0 bridgehead atoms. The summed E-state index contributed by atoms with van der Waals surface area (Å²) in [6.45, 7) is 13.6. The fourth-order valence-electron chi connectivity index (χ4n) is 2.91. The monoisotopic (exact) mass is 259 g/mol. The molecule has 2 heteroatoms. The van der Waals surface area contributed by atoms with Gasteiger partial charge in [-0.1, -0.05) is 40.2 Å². The minimum absolute atomic E-state index is 0.192. The molecule has 0 saturated heterocycles. The van der Waals surface area contributed by atoms with Gasteiger partial charge >= 0.3 is 0 Å². The predicted molar refractivity (Wildman–Crippen MR) is 80.3 cm³/mol. The number of Topliss-reactive ketones (excluding diaryl/α,β-unsaturated/α-hetero) is 1. The Hall–Kier alpha value is -1.31. The molecule has 19 heavy (non-hydrogen) atoms. The first-order valence-electron chi connectivity index (χ1n) is 7.02. The van der Waals surface area contributed by atoms with Crippen LogP contribution in [-0.2, 0) is 6.54 Å². The zero-order valence-corrected chi connectivity index (χ0v) is 13.0. The zero-order chi connectivity index (χ0) is 14.4. The molecule has 0 aromatic carbocycles. The Morgan fingerprint density at radius 3 is 2.47 bits per heavy atom. The SMILES string of the molecule is CC1=Cc2ccc(C(=O)C(C)(C)C)n2CC(C)(C)C1. The van der Waals surface area contributed by atoms with Crippen molar-refractivity contribution in [1.82, 2.24) is 4.57 Å². The normalized spacial score (nSPS) is 18.5. The number of ketones is 1. The van der Waals surface area contributed by atoms with Crippen LogP contribution in [-0.4, -0.2) is 10.4 Å². The zero-order valence-electron chi connectivity index (χ0n) is 13.0. The van der Waals surface area contributed by atoms with Crippen molar-refractivity contribution in [1.29, 1.82) is 0 Å². The van der Waals surface area contributed by atoms with E-state index in [-0.39, 0.29) is 16.6 Å². The van der Waals surface area contributed by atoms with Gasteiger partial charge in [-0.2, -0.15) is 0 Å². The van der Waals surface area contributed by atoms with Crippen LogP contribution in [0.3, 0.4) is 0 Å². The molecule has 0 N–H and O–H groups in total. The van der Waals surface area contributed by atoms with E-state index in [2.05, 4.69) is 37.5 Å². The number of carbonyl (C=O) groups excluding carboxylic acids is 1. The van der Waals surface area contributed by atoms with Crippen LogP contribution in [0.2, 0.25) is 0 Å². The Morgan fingerprint density at radius 2 is 1.89 bits per heavy atom. The standard InChI is InChI=1S/C17H25NO/c1-12-9-13-7-8-14(15(19)16(2,3)4)18(13)11-17(5,6)10-12/h7-9H,10-11H2,1-6H3. The fourth-order valence-corrected chi connectivity index (χ4v) is 2.91. The third-order valence-corrected chi connectivity index (χ3v) is 3.67. The fraction of sp³-hybridized carbons (Fsp3) is 0.588. The van der Waals surface area contributed by atoms with Crippen LogP contribution in [0.25, 0.3) is 6.08 Å². The Labute approximate surface area is 116 Å². The van der Waals surface area contributed by atoms with Crippen molar-refractivity contribution in [3.05, 3.63) is 29.1 Å². The van der Waals surface area contributed by atoms with E-state index in [1.807, 2.05) is 26.8 Å². The summed E-state index contributed by atoms with van der Waals surface area (Å²) < 4.78 is 2.20. The highest BCUT2D eigenvalue weighted by Crippen LogP contribution is 2.34. The third kappa shape index (κ3) is 2.83. The van der Waals surface area contributed by atoms with Crippen LogP contribution in [0.1, 0.15) is 64.1 Å². The summed E-state index contributed by atoms with van der Waals surface area (Å²) in [5, 5.41) is 0. The van der Waals surface area contributed by atoms with Crippen molar-refractivity contribution < 1.29 is 4.79 Å². The van der Waals surface area contributed by atoms with Gasteiger partial charge in [-0.25, -0.2) is 0 Å². The highest BCUT2D eigenvalue weighted by atomic mass is 16.1. The summed E-state index contributed by atoms with van der Waals surface area (Å²) in [7, 11) is 0. The Bertz CT molecular complexity index is 538. The number of fused-ring (bicyclic) bond motifs is 1. The maximum atomic E-state index is 12.6. The Morgan fingerprint density at radius 1 is 1.26 bits per heavy atom. The van der Waals surface area contributed by atoms with Gasteiger partial charge in [0.25, 0.3) is 0 Å². The van der Waals surface area contributed by atoms with Gasteiger partial charge < -0.3 is 4.57 Å². The lowest BCUT2D eigenvalue weighted by Crippen LogP contribution is -2.27. The second-order valence-electron chi connectivity index (χ2n) is 7.64. The van der Waals surface area contributed by atoms with Crippen LogP contribution in [0.15, 0.2) is 17.7 Å². The summed E-state index contributed by atoms with van der Waals surface area (Å²) in [6, 6.07) is 4.05. The van der Waals surface area contributed by atoms with Crippen molar-refractivity contribution in [2.45, 2.75) is 54.5 Å². The van der Waals surface area contributed by atoms with E-state index in [1.54, 1.807) is 0 Å². The van der Waals surface area contributed by atoms with Gasteiger partial charge in [0.15, 0.2) is 5.78 Å². The molecule has 0 aliphatic carbocycles. The summed E-state index contributed by atoms with van der Waals surface area (Å²) in [6.07, 6.45) is 3.30. The number of rotatable bonds is 1. The van der Waals surface area contributed by atoms with Gasteiger partial charge in [-0.3, -0.25) is 4.79 Å². The van der Waals surface area contributed by atoms with Gasteiger partial charge in [0.05, 0.1) is 5.69 Å². The summed E-state index contributed by atoms with van der Waals surface area (Å²) in [5.74, 6) is 0.225. The molecule has 0 spiro atoms. The second kappa shape index (κ2) is 4.36.